The van der Waals surface area contributed by atoms with E-state index < -0.39 is 0 Å². The molecule has 0 saturated carbocycles. The molecule has 3 aromatic rings. The monoisotopic (exact) mass is 371 g/mol. The summed E-state index contributed by atoms with van der Waals surface area (Å²) in [6.45, 7) is 3.85. The highest BCUT2D eigenvalue weighted by Crippen LogP contribution is 2.30. The topological polar surface area (TPSA) is 54.0 Å². The van der Waals surface area contributed by atoms with E-state index >= 15 is 0 Å². The van der Waals surface area contributed by atoms with E-state index in [4.69, 9.17) is 11.6 Å². The van der Waals surface area contributed by atoms with Gasteiger partial charge in [0.25, 0.3) is 0 Å². The Hall–Kier alpha value is -2.37. The van der Waals surface area contributed by atoms with Crippen molar-refractivity contribution >= 4 is 45.4 Å². The van der Waals surface area contributed by atoms with Crippen molar-refractivity contribution < 1.29 is 4.79 Å². The second-order valence-electron chi connectivity index (χ2n) is 5.60. The van der Waals surface area contributed by atoms with E-state index in [-0.39, 0.29) is 5.91 Å². The Morgan fingerprint density at radius 2 is 2.08 bits per heavy atom. The number of rotatable bonds is 5. The van der Waals surface area contributed by atoms with Gasteiger partial charge in [0, 0.05) is 33.8 Å². The number of anilines is 3. The number of nitrogens with zero attached hydrogens (tertiary/aromatic N) is 1. The molecule has 0 unspecified atom stereocenters. The number of aromatic nitrogens is 1. The van der Waals surface area contributed by atoms with Crippen LogP contribution in [-0.2, 0) is 4.79 Å². The van der Waals surface area contributed by atoms with Crippen LogP contribution in [0.3, 0.4) is 0 Å². The van der Waals surface area contributed by atoms with Crippen LogP contribution in [0.4, 0.5) is 16.5 Å². The summed E-state index contributed by atoms with van der Waals surface area (Å²) in [6.07, 6.45) is 0.452. The van der Waals surface area contributed by atoms with Gasteiger partial charge in [-0.1, -0.05) is 36.7 Å². The third-order valence-electron chi connectivity index (χ3n) is 3.71. The van der Waals surface area contributed by atoms with Crippen LogP contribution in [0.15, 0.2) is 47.8 Å². The first-order valence-electron chi connectivity index (χ1n) is 7.94. The number of benzene rings is 2. The van der Waals surface area contributed by atoms with Crippen molar-refractivity contribution in [3.63, 3.8) is 0 Å². The van der Waals surface area contributed by atoms with E-state index in [2.05, 4.69) is 15.6 Å². The molecule has 0 atom stereocenters. The van der Waals surface area contributed by atoms with Gasteiger partial charge in [-0.05, 0) is 36.8 Å². The van der Waals surface area contributed by atoms with Crippen molar-refractivity contribution in [1.82, 2.24) is 4.98 Å². The molecule has 3 rings (SSSR count). The molecular weight excluding hydrogens is 354 g/mol. The van der Waals surface area contributed by atoms with Gasteiger partial charge in [0.15, 0.2) is 5.13 Å². The molecule has 6 heteroatoms. The van der Waals surface area contributed by atoms with Crippen LogP contribution in [0.2, 0.25) is 5.02 Å². The molecule has 1 amide bonds. The molecule has 0 aliphatic rings. The molecule has 1 heterocycles. The van der Waals surface area contributed by atoms with E-state index in [1.807, 2.05) is 61.7 Å². The molecule has 0 aliphatic heterocycles. The van der Waals surface area contributed by atoms with Crippen molar-refractivity contribution in [1.29, 1.82) is 0 Å². The molecule has 2 N–H and O–H groups in total. The largest absolute Gasteiger partial charge is 0.331 e. The van der Waals surface area contributed by atoms with Crippen LogP contribution in [-0.4, -0.2) is 10.9 Å². The molecule has 1 aromatic heterocycles. The normalized spacial score (nSPS) is 10.5. The van der Waals surface area contributed by atoms with Gasteiger partial charge in [-0.25, -0.2) is 4.98 Å². The number of hydrogen-bond donors (Lipinski definition) is 2. The first-order chi connectivity index (χ1) is 12.0. The quantitative estimate of drug-likeness (QED) is 0.590. The Kier molecular flexibility index (Phi) is 5.36. The standard InChI is InChI=1S/C19H18ClN3OS/c1-3-18(24)21-15-6-4-5-13(9-15)17-11-25-19(23-17)22-16-10-14(20)8-7-12(16)2/h4-11H,3H2,1-2H3,(H,21,24)(H,22,23). The lowest BCUT2D eigenvalue weighted by Crippen LogP contribution is -2.09. The summed E-state index contributed by atoms with van der Waals surface area (Å²) < 4.78 is 0. The number of amides is 1. The highest BCUT2D eigenvalue weighted by molar-refractivity contribution is 7.14. The fourth-order valence-electron chi connectivity index (χ4n) is 2.31. The summed E-state index contributed by atoms with van der Waals surface area (Å²) in [4.78, 5) is 16.2. The predicted molar refractivity (Wildman–Crippen MR) is 106 cm³/mol. The Morgan fingerprint density at radius 1 is 1.24 bits per heavy atom. The molecule has 0 fully saturated rings. The Bertz CT molecular complexity index is 907. The minimum atomic E-state index is -0.00536. The molecule has 0 saturated heterocycles. The van der Waals surface area contributed by atoms with Crippen LogP contribution in [0.5, 0.6) is 0 Å². The van der Waals surface area contributed by atoms with Gasteiger partial charge in [0.1, 0.15) is 0 Å². The summed E-state index contributed by atoms with van der Waals surface area (Å²) >= 11 is 7.59. The zero-order chi connectivity index (χ0) is 17.8. The summed E-state index contributed by atoms with van der Waals surface area (Å²) in [5, 5.41) is 9.65. The van der Waals surface area contributed by atoms with Crippen LogP contribution in [0.25, 0.3) is 11.3 Å². The first-order valence-corrected chi connectivity index (χ1v) is 9.20. The third kappa shape index (κ3) is 4.38. The van der Waals surface area contributed by atoms with Gasteiger partial charge in [-0.15, -0.1) is 11.3 Å². The number of aryl methyl sites for hydroxylation is 1. The van der Waals surface area contributed by atoms with E-state index in [1.165, 1.54) is 11.3 Å². The maximum atomic E-state index is 11.6. The predicted octanol–water partition coefficient (Wildman–Crippen LogP) is 5.86. The summed E-state index contributed by atoms with van der Waals surface area (Å²) in [5.74, 6) is -0.00536. The number of halogens is 1. The molecule has 0 bridgehead atoms. The molecule has 128 valence electrons. The number of hydrogen-bond acceptors (Lipinski definition) is 4. The average molecular weight is 372 g/mol. The number of nitrogens with one attached hydrogen (secondary N) is 2. The molecular formula is C19H18ClN3OS. The van der Waals surface area contributed by atoms with Crippen molar-refractivity contribution in [2.24, 2.45) is 0 Å². The van der Waals surface area contributed by atoms with Gasteiger partial charge in [0.2, 0.25) is 5.91 Å². The van der Waals surface area contributed by atoms with Crippen molar-refractivity contribution in [2.75, 3.05) is 10.6 Å². The van der Waals surface area contributed by atoms with Gasteiger partial charge < -0.3 is 10.6 Å². The maximum Gasteiger partial charge on any atom is 0.224 e. The van der Waals surface area contributed by atoms with Crippen LogP contribution >= 0.6 is 22.9 Å². The SMILES string of the molecule is CCC(=O)Nc1cccc(-c2csc(Nc3cc(Cl)ccc3C)n2)c1. The van der Waals surface area contributed by atoms with E-state index in [9.17, 15) is 4.79 Å². The number of carbonyl (C=O) groups excluding carboxylic acids is 1. The summed E-state index contributed by atoms with van der Waals surface area (Å²) in [6, 6.07) is 13.4. The Morgan fingerprint density at radius 3 is 2.88 bits per heavy atom. The zero-order valence-electron chi connectivity index (χ0n) is 14.0. The van der Waals surface area contributed by atoms with E-state index in [0.717, 1.165) is 33.3 Å². The highest BCUT2D eigenvalue weighted by atomic mass is 35.5. The van der Waals surface area contributed by atoms with Crippen molar-refractivity contribution in [2.45, 2.75) is 20.3 Å². The molecule has 4 nitrogen and oxygen atoms in total. The second kappa shape index (κ2) is 7.68. The lowest BCUT2D eigenvalue weighted by atomic mass is 10.1. The van der Waals surface area contributed by atoms with Gasteiger partial charge >= 0.3 is 0 Å². The molecule has 0 spiro atoms. The van der Waals surface area contributed by atoms with Gasteiger partial charge in [-0.2, -0.15) is 0 Å². The lowest BCUT2D eigenvalue weighted by molar-refractivity contribution is -0.115. The third-order valence-corrected chi connectivity index (χ3v) is 4.70. The van der Waals surface area contributed by atoms with Crippen LogP contribution < -0.4 is 10.6 Å². The second-order valence-corrected chi connectivity index (χ2v) is 6.90. The van der Waals surface area contributed by atoms with E-state index in [0.29, 0.717) is 11.4 Å². The van der Waals surface area contributed by atoms with Crippen LogP contribution in [0.1, 0.15) is 18.9 Å². The first kappa shape index (κ1) is 17.5. The maximum absolute atomic E-state index is 11.6. The smallest absolute Gasteiger partial charge is 0.224 e. The molecule has 2 aromatic carbocycles. The highest BCUT2D eigenvalue weighted by Gasteiger charge is 2.08. The number of thiazole rings is 1. The summed E-state index contributed by atoms with van der Waals surface area (Å²) in [7, 11) is 0. The van der Waals surface area contributed by atoms with Gasteiger partial charge in [-0.3, -0.25) is 4.79 Å². The average Bonchev–Trinajstić information content (AvgIpc) is 3.07. The minimum absolute atomic E-state index is 0.00536. The van der Waals surface area contributed by atoms with Crippen LogP contribution in [0, 0.1) is 6.92 Å². The zero-order valence-corrected chi connectivity index (χ0v) is 15.5. The molecule has 0 radical (unpaired) electrons. The number of carbonyl (C=O) groups is 1. The fourth-order valence-corrected chi connectivity index (χ4v) is 3.22. The Labute approximate surface area is 155 Å². The van der Waals surface area contributed by atoms with E-state index in [1.54, 1.807) is 0 Å². The molecule has 25 heavy (non-hydrogen) atoms. The fraction of sp³-hybridized carbons (Fsp3) is 0.158. The van der Waals surface area contributed by atoms with Gasteiger partial charge in [0.05, 0.1) is 5.69 Å². The Balaban J connectivity index is 1.80. The lowest BCUT2D eigenvalue weighted by Gasteiger charge is -2.07. The molecule has 0 aliphatic carbocycles. The summed E-state index contributed by atoms with van der Waals surface area (Å²) in [5.41, 5.74) is 4.64. The van der Waals surface area contributed by atoms with Crippen molar-refractivity contribution in [3.05, 3.63) is 58.4 Å². The van der Waals surface area contributed by atoms with Crippen molar-refractivity contribution in [3.8, 4) is 11.3 Å². The minimum Gasteiger partial charge on any atom is -0.331 e.